The molecule has 0 aliphatic carbocycles. The Balaban J connectivity index is 2.22. The third kappa shape index (κ3) is 4.51. The fourth-order valence-corrected chi connectivity index (χ4v) is 2.49. The normalized spacial score (nSPS) is 10.3. The predicted molar refractivity (Wildman–Crippen MR) is 95.6 cm³/mol. The SMILES string of the molecule is CCOc1ccc(C(=O)N(CC)CC)cc1COc1ccccc1. The molecule has 0 saturated carbocycles. The van der Waals surface area contributed by atoms with Crippen molar-refractivity contribution in [3.8, 4) is 11.5 Å². The van der Waals surface area contributed by atoms with E-state index in [1.54, 1.807) is 4.90 Å². The quantitative estimate of drug-likeness (QED) is 0.731. The molecule has 0 N–H and O–H groups in total. The molecule has 0 aliphatic heterocycles. The number of ether oxygens (including phenoxy) is 2. The summed E-state index contributed by atoms with van der Waals surface area (Å²) in [5, 5.41) is 0. The van der Waals surface area contributed by atoms with E-state index in [2.05, 4.69) is 0 Å². The number of hydrogen-bond acceptors (Lipinski definition) is 3. The summed E-state index contributed by atoms with van der Waals surface area (Å²) in [7, 11) is 0. The van der Waals surface area contributed by atoms with Crippen LogP contribution in [-0.2, 0) is 6.61 Å². The van der Waals surface area contributed by atoms with Crippen molar-refractivity contribution in [2.75, 3.05) is 19.7 Å². The Hall–Kier alpha value is -2.49. The van der Waals surface area contributed by atoms with E-state index in [1.807, 2.05) is 69.3 Å². The summed E-state index contributed by atoms with van der Waals surface area (Å²) in [5.74, 6) is 1.58. The smallest absolute Gasteiger partial charge is 0.253 e. The van der Waals surface area contributed by atoms with Gasteiger partial charge in [0.15, 0.2) is 0 Å². The Bertz CT molecular complexity index is 651. The number of rotatable bonds is 8. The molecule has 0 radical (unpaired) electrons. The standard InChI is InChI=1S/C20H25NO3/c1-4-21(5-2)20(22)16-12-13-19(23-6-3)17(14-16)15-24-18-10-8-7-9-11-18/h7-14H,4-6,15H2,1-3H3. The Morgan fingerprint density at radius 1 is 0.958 bits per heavy atom. The molecule has 2 aromatic carbocycles. The predicted octanol–water partition coefficient (Wildman–Crippen LogP) is 4.15. The molecule has 1 amide bonds. The van der Waals surface area contributed by atoms with E-state index in [-0.39, 0.29) is 5.91 Å². The van der Waals surface area contributed by atoms with Crippen LogP contribution < -0.4 is 9.47 Å². The summed E-state index contributed by atoms with van der Waals surface area (Å²) in [5.41, 5.74) is 1.53. The molecule has 2 aromatic rings. The molecular weight excluding hydrogens is 302 g/mol. The maximum Gasteiger partial charge on any atom is 0.253 e. The molecule has 0 aromatic heterocycles. The zero-order chi connectivity index (χ0) is 17.4. The number of benzene rings is 2. The van der Waals surface area contributed by atoms with Gasteiger partial charge >= 0.3 is 0 Å². The third-order valence-electron chi connectivity index (χ3n) is 3.80. The second-order valence-electron chi connectivity index (χ2n) is 5.33. The fourth-order valence-electron chi connectivity index (χ4n) is 2.49. The highest BCUT2D eigenvalue weighted by atomic mass is 16.5. The van der Waals surface area contributed by atoms with Crippen LogP contribution in [0.15, 0.2) is 48.5 Å². The van der Waals surface area contributed by atoms with Gasteiger partial charge in [-0.25, -0.2) is 0 Å². The van der Waals surface area contributed by atoms with E-state index in [1.165, 1.54) is 0 Å². The number of carbonyl (C=O) groups is 1. The average Bonchev–Trinajstić information content (AvgIpc) is 2.63. The van der Waals surface area contributed by atoms with E-state index in [9.17, 15) is 4.79 Å². The van der Waals surface area contributed by atoms with Crippen LogP contribution in [0.3, 0.4) is 0 Å². The van der Waals surface area contributed by atoms with Crippen LogP contribution >= 0.6 is 0 Å². The maximum atomic E-state index is 12.5. The molecule has 24 heavy (non-hydrogen) atoms. The van der Waals surface area contributed by atoms with Crippen molar-refractivity contribution in [1.82, 2.24) is 4.90 Å². The van der Waals surface area contributed by atoms with Crippen molar-refractivity contribution in [1.29, 1.82) is 0 Å². The molecular formula is C20H25NO3. The minimum atomic E-state index is 0.0315. The number of para-hydroxylation sites is 1. The molecule has 0 fully saturated rings. The molecule has 128 valence electrons. The summed E-state index contributed by atoms with van der Waals surface area (Å²) in [4.78, 5) is 14.3. The Morgan fingerprint density at radius 3 is 2.29 bits per heavy atom. The summed E-state index contributed by atoms with van der Waals surface area (Å²) in [6, 6.07) is 15.2. The zero-order valence-corrected chi connectivity index (χ0v) is 14.6. The van der Waals surface area contributed by atoms with Crippen LogP contribution in [-0.4, -0.2) is 30.5 Å². The highest BCUT2D eigenvalue weighted by Gasteiger charge is 2.15. The van der Waals surface area contributed by atoms with Gasteiger partial charge in [0.2, 0.25) is 0 Å². The summed E-state index contributed by atoms with van der Waals surface area (Å²) >= 11 is 0. The third-order valence-corrected chi connectivity index (χ3v) is 3.80. The second kappa shape index (κ2) is 8.96. The molecule has 0 saturated heterocycles. The first-order valence-electron chi connectivity index (χ1n) is 8.42. The minimum Gasteiger partial charge on any atom is -0.493 e. The van der Waals surface area contributed by atoms with Gasteiger partial charge in [-0.2, -0.15) is 0 Å². The van der Waals surface area contributed by atoms with E-state index < -0.39 is 0 Å². The number of carbonyl (C=O) groups excluding carboxylic acids is 1. The lowest BCUT2D eigenvalue weighted by Gasteiger charge is -2.20. The van der Waals surface area contributed by atoms with Crippen LogP contribution in [0.25, 0.3) is 0 Å². The zero-order valence-electron chi connectivity index (χ0n) is 14.6. The lowest BCUT2D eigenvalue weighted by Crippen LogP contribution is -2.30. The van der Waals surface area contributed by atoms with Gasteiger partial charge in [0.25, 0.3) is 5.91 Å². The van der Waals surface area contributed by atoms with Crippen molar-refractivity contribution >= 4 is 5.91 Å². The Morgan fingerprint density at radius 2 is 1.67 bits per heavy atom. The van der Waals surface area contributed by atoms with Gasteiger partial charge < -0.3 is 14.4 Å². The van der Waals surface area contributed by atoms with Crippen molar-refractivity contribution in [2.45, 2.75) is 27.4 Å². The lowest BCUT2D eigenvalue weighted by molar-refractivity contribution is 0.0772. The van der Waals surface area contributed by atoms with Crippen LogP contribution in [0.2, 0.25) is 0 Å². The molecule has 4 heteroatoms. The number of nitrogens with zero attached hydrogens (tertiary/aromatic N) is 1. The molecule has 0 heterocycles. The molecule has 2 rings (SSSR count). The van der Waals surface area contributed by atoms with Crippen LogP contribution in [0.5, 0.6) is 11.5 Å². The van der Waals surface area contributed by atoms with E-state index in [0.717, 1.165) is 17.1 Å². The van der Waals surface area contributed by atoms with E-state index in [0.29, 0.717) is 31.9 Å². The monoisotopic (exact) mass is 327 g/mol. The van der Waals surface area contributed by atoms with E-state index >= 15 is 0 Å². The minimum absolute atomic E-state index is 0.0315. The maximum absolute atomic E-state index is 12.5. The highest BCUT2D eigenvalue weighted by Crippen LogP contribution is 2.23. The molecule has 0 unspecified atom stereocenters. The molecule has 0 spiro atoms. The summed E-state index contributed by atoms with van der Waals surface area (Å²) in [6.45, 7) is 8.22. The second-order valence-corrected chi connectivity index (χ2v) is 5.33. The molecule has 0 aliphatic rings. The number of hydrogen-bond donors (Lipinski definition) is 0. The van der Waals surface area contributed by atoms with Crippen molar-refractivity contribution < 1.29 is 14.3 Å². The highest BCUT2D eigenvalue weighted by molar-refractivity contribution is 5.94. The van der Waals surface area contributed by atoms with Gasteiger partial charge in [-0.3, -0.25) is 4.79 Å². The first-order valence-corrected chi connectivity index (χ1v) is 8.42. The van der Waals surface area contributed by atoms with Gasteiger partial charge in [-0.1, -0.05) is 18.2 Å². The first kappa shape index (κ1) is 17.9. The summed E-state index contributed by atoms with van der Waals surface area (Å²) in [6.07, 6.45) is 0. The van der Waals surface area contributed by atoms with E-state index in [4.69, 9.17) is 9.47 Å². The van der Waals surface area contributed by atoms with Crippen LogP contribution in [0, 0.1) is 0 Å². The van der Waals surface area contributed by atoms with Gasteiger partial charge in [-0.15, -0.1) is 0 Å². The first-order chi connectivity index (χ1) is 11.7. The fraction of sp³-hybridized carbons (Fsp3) is 0.350. The largest absolute Gasteiger partial charge is 0.493 e. The van der Waals surface area contributed by atoms with Crippen molar-refractivity contribution in [3.05, 3.63) is 59.7 Å². The summed E-state index contributed by atoms with van der Waals surface area (Å²) < 4.78 is 11.5. The Labute approximate surface area is 144 Å². The molecule has 4 nitrogen and oxygen atoms in total. The molecule has 0 bridgehead atoms. The van der Waals surface area contributed by atoms with Crippen LogP contribution in [0.1, 0.15) is 36.7 Å². The van der Waals surface area contributed by atoms with Gasteiger partial charge in [0, 0.05) is 24.2 Å². The van der Waals surface area contributed by atoms with Gasteiger partial charge in [-0.05, 0) is 51.1 Å². The van der Waals surface area contributed by atoms with Crippen LogP contribution in [0.4, 0.5) is 0 Å². The van der Waals surface area contributed by atoms with Gasteiger partial charge in [0.1, 0.15) is 18.1 Å². The molecule has 0 atom stereocenters. The van der Waals surface area contributed by atoms with Crippen molar-refractivity contribution in [2.24, 2.45) is 0 Å². The van der Waals surface area contributed by atoms with Crippen molar-refractivity contribution in [3.63, 3.8) is 0 Å². The Kier molecular flexibility index (Phi) is 6.67. The number of amides is 1. The van der Waals surface area contributed by atoms with Gasteiger partial charge in [0.05, 0.1) is 6.61 Å². The lowest BCUT2D eigenvalue weighted by atomic mass is 10.1. The average molecular weight is 327 g/mol. The topological polar surface area (TPSA) is 38.8 Å².